The lowest BCUT2D eigenvalue weighted by atomic mass is 9.86. The minimum absolute atomic E-state index is 0.490. The van der Waals surface area contributed by atoms with Crippen LogP contribution >= 0.6 is 0 Å². The van der Waals surface area contributed by atoms with Gasteiger partial charge in [0.2, 0.25) is 0 Å². The van der Waals surface area contributed by atoms with Crippen molar-refractivity contribution in [2.24, 2.45) is 5.92 Å². The van der Waals surface area contributed by atoms with E-state index in [0.29, 0.717) is 11.9 Å². The van der Waals surface area contributed by atoms with Crippen LogP contribution in [-0.2, 0) is 6.54 Å². The molecule has 0 spiro atoms. The second-order valence-electron chi connectivity index (χ2n) is 9.05. The van der Waals surface area contributed by atoms with E-state index in [1.165, 1.54) is 36.6 Å². The number of nitrogens with two attached hydrogens (primary N) is 1. The molecule has 3 aromatic heterocycles. The van der Waals surface area contributed by atoms with E-state index in [1.807, 2.05) is 13.0 Å². The van der Waals surface area contributed by atoms with E-state index < -0.39 is 0 Å². The highest BCUT2D eigenvalue weighted by molar-refractivity contribution is 5.95. The van der Waals surface area contributed by atoms with Gasteiger partial charge >= 0.3 is 0 Å². The zero-order chi connectivity index (χ0) is 20.8. The van der Waals surface area contributed by atoms with E-state index in [1.54, 1.807) is 0 Å². The second kappa shape index (κ2) is 7.43. The maximum atomic E-state index is 6.05. The zero-order valence-corrected chi connectivity index (χ0v) is 18.0. The molecule has 4 N–H and O–H groups in total. The highest BCUT2D eigenvalue weighted by Gasteiger charge is 2.21. The van der Waals surface area contributed by atoms with Crippen LogP contribution in [0, 0.1) is 12.8 Å². The second-order valence-corrected chi connectivity index (χ2v) is 9.05. The smallest absolute Gasteiger partial charge is 0.160 e. The number of nitrogens with zero attached hydrogens (tertiary/aromatic N) is 3. The summed E-state index contributed by atoms with van der Waals surface area (Å²) >= 11 is 0. The quantitative estimate of drug-likeness (QED) is 0.448. The molecular formula is C24H30N6. The first kappa shape index (κ1) is 19.1. The van der Waals surface area contributed by atoms with Gasteiger partial charge in [0.1, 0.15) is 17.2 Å². The Morgan fingerprint density at radius 2 is 1.87 bits per heavy atom. The lowest BCUT2D eigenvalue weighted by Crippen LogP contribution is -2.34. The summed E-state index contributed by atoms with van der Waals surface area (Å²) in [6, 6.07) is 11.5. The van der Waals surface area contributed by atoms with E-state index >= 15 is 0 Å². The number of imidazole rings is 1. The highest BCUT2D eigenvalue weighted by Crippen LogP contribution is 2.31. The van der Waals surface area contributed by atoms with Crippen molar-refractivity contribution in [3.05, 3.63) is 41.7 Å². The molecule has 0 unspecified atom stereocenters. The fourth-order valence-electron chi connectivity index (χ4n) is 4.86. The van der Waals surface area contributed by atoms with Gasteiger partial charge in [-0.3, -0.25) is 4.90 Å². The summed E-state index contributed by atoms with van der Waals surface area (Å²) in [5.41, 5.74) is 12.1. The van der Waals surface area contributed by atoms with Crippen molar-refractivity contribution in [2.75, 3.05) is 12.8 Å². The summed E-state index contributed by atoms with van der Waals surface area (Å²) in [5.74, 6) is 2.21. The average Bonchev–Trinajstić information content (AvgIpc) is 3.29. The topological polar surface area (TPSA) is 86.6 Å². The number of pyridine rings is 1. The Bertz CT molecular complexity index is 1200. The van der Waals surface area contributed by atoms with Crippen LogP contribution < -0.4 is 5.73 Å². The van der Waals surface area contributed by atoms with Gasteiger partial charge in [-0.2, -0.15) is 0 Å². The van der Waals surface area contributed by atoms with Gasteiger partial charge in [0.15, 0.2) is 5.65 Å². The van der Waals surface area contributed by atoms with Crippen LogP contribution in [0.1, 0.15) is 44.0 Å². The van der Waals surface area contributed by atoms with Gasteiger partial charge in [0.25, 0.3) is 0 Å². The molecule has 3 heterocycles. The summed E-state index contributed by atoms with van der Waals surface area (Å²) in [7, 11) is 2.27. The Hall–Kier alpha value is -2.86. The monoisotopic (exact) mass is 402 g/mol. The number of hydrogen-bond acceptors (Lipinski definition) is 4. The number of rotatable bonds is 4. The number of fused-ring (bicyclic) bond motifs is 2. The van der Waals surface area contributed by atoms with Crippen molar-refractivity contribution in [3.8, 4) is 11.3 Å². The molecule has 0 radical (unpaired) electrons. The number of nitrogen functional groups attached to an aromatic ring is 1. The Morgan fingerprint density at radius 1 is 1.07 bits per heavy atom. The lowest BCUT2D eigenvalue weighted by Gasteiger charge is -2.33. The average molecular weight is 403 g/mol. The largest absolute Gasteiger partial charge is 0.384 e. The van der Waals surface area contributed by atoms with Gasteiger partial charge in [0, 0.05) is 34.7 Å². The first-order valence-electron chi connectivity index (χ1n) is 10.9. The number of aromatic nitrogens is 4. The molecule has 0 amide bonds. The lowest BCUT2D eigenvalue weighted by molar-refractivity contribution is 0.164. The van der Waals surface area contributed by atoms with Gasteiger partial charge < -0.3 is 15.7 Å². The summed E-state index contributed by atoms with van der Waals surface area (Å²) in [6.07, 6.45) is 5.34. The SMILES string of the molecule is Cc1nc2c(-c3cc4cc(CN(C)[C@H]5CC[C@H](C)CC5)ccc4[nH]3)cc(N)nc2[nH]1. The van der Waals surface area contributed by atoms with Crippen molar-refractivity contribution in [1.29, 1.82) is 0 Å². The fourth-order valence-corrected chi connectivity index (χ4v) is 4.86. The standard InChI is InChI=1S/C24H30N6/c1-14-4-7-18(8-5-14)30(3)13-16-6-9-20-17(10-16)11-21(28-20)19-12-22(25)29-24-23(19)26-15(2)27-24/h6,9-12,14,18,28H,4-5,7-8,13H2,1-3H3,(H3,25,26,27,29)/t14-,18-. The number of H-pyrrole nitrogens is 2. The van der Waals surface area contributed by atoms with E-state index in [2.05, 4.69) is 63.1 Å². The molecule has 6 nitrogen and oxygen atoms in total. The summed E-state index contributed by atoms with van der Waals surface area (Å²) in [4.78, 5) is 18.2. The number of aromatic amines is 2. The van der Waals surface area contributed by atoms with Crippen LogP contribution in [0.4, 0.5) is 5.82 Å². The molecule has 1 aliphatic rings. The van der Waals surface area contributed by atoms with E-state index in [0.717, 1.165) is 46.2 Å². The van der Waals surface area contributed by atoms with Gasteiger partial charge in [0.05, 0.1) is 0 Å². The molecule has 1 fully saturated rings. The van der Waals surface area contributed by atoms with Gasteiger partial charge in [-0.1, -0.05) is 13.0 Å². The van der Waals surface area contributed by atoms with Crippen molar-refractivity contribution in [3.63, 3.8) is 0 Å². The van der Waals surface area contributed by atoms with Crippen molar-refractivity contribution in [2.45, 2.75) is 52.1 Å². The molecular weight excluding hydrogens is 372 g/mol. The van der Waals surface area contributed by atoms with Crippen LogP contribution in [0.2, 0.25) is 0 Å². The van der Waals surface area contributed by atoms with Crippen molar-refractivity contribution in [1.82, 2.24) is 24.8 Å². The maximum Gasteiger partial charge on any atom is 0.160 e. The summed E-state index contributed by atoms with van der Waals surface area (Å²) in [5, 5.41) is 1.21. The number of anilines is 1. The number of aryl methyl sites for hydroxylation is 1. The third-order valence-corrected chi connectivity index (χ3v) is 6.61. The first-order valence-corrected chi connectivity index (χ1v) is 10.9. The molecule has 0 aliphatic heterocycles. The van der Waals surface area contributed by atoms with E-state index in [9.17, 15) is 0 Å². The number of hydrogen-bond donors (Lipinski definition) is 3. The van der Waals surface area contributed by atoms with Crippen LogP contribution in [0.5, 0.6) is 0 Å². The zero-order valence-electron chi connectivity index (χ0n) is 18.0. The van der Waals surface area contributed by atoms with E-state index in [-0.39, 0.29) is 0 Å². The first-order chi connectivity index (χ1) is 14.5. The van der Waals surface area contributed by atoms with Crippen LogP contribution in [0.3, 0.4) is 0 Å². The summed E-state index contributed by atoms with van der Waals surface area (Å²) in [6.45, 7) is 5.30. The molecule has 6 heteroatoms. The fraction of sp³-hybridized carbons (Fsp3) is 0.417. The normalized spacial score (nSPS) is 19.9. The Balaban J connectivity index is 1.43. The van der Waals surface area contributed by atoms with Crippen LogP contribution in [0.25, 0.3) is 33.3 Å². The van der Waals surface area contributed by atoms with E-state index in [4.69, 9.17) is 5.73 Å². The molecule has 0 saturated heterocycles. The Kier molecular flexibility index (Phi) is 4.74. The van der Waals surface area contributed by atoms with Gasteiger partial charge in [-0.15, -0.1) is 0 Å². The van der Waals surface area contributed by atoms with Gasteiger partial charge in [-0.25, -0.2) is 9.97 Å². The Morgan fingerprint density at radius 3 is 2.67 bits per heavy atom. The van der Waals surface area contributed by atoms with Gasteiger partial charge in [-0.05, 0) is 75.4 Å². The molecule has 1 aromatic carbocycles. The molecule has 30 heavy (non-hydrogen) atoms. The maximum absolute atomic E-state index is 6.05. The minimum Gasteiger partial charge on any atom is -0.384 e. The molecule has 0 atom stereocenters. The predicted molar refractivity (Wildman–Crippen MR) is 123 cm³/mol. The third-order valence-electron chi connectivity index (χ3n) is 6.61. The molecule has 1 saturated carbocycles. The predicted octanol–water partition coefficient (Wildman–Crippen LogP) is 5.01. The molecule has 4 aromatic rings. The van der Waals surface area contributed by atoms with Crippen molar-refractivity contribution < 1.29 is 0 Å². The molecule has 0 bridgehead atoms. The van der Waals surface area contributed by atoms with Crippen molar-refractivity contribution >= 4 is 27.9 Å². The highest BCUT2D eigenvalue weighted by atomic mass is 15.1. The Labute approximate surface area is 176 Å². The third kappa shape index (κ3) is 3.56. The van der Waals surface area contributed by atoms with Crippen LogP contribution in [0.15, 0.2) is 30.3 Å². The van der Waals surface area contributed by atoms with Crippen LogP contribution in [-0.4, -0.2) is 37.9 Å². The summed E-state index contributed by atoms with van der Waals surface area (Å²) < 4.78 is 0. The molecule has 1 aliphatic carbocycles. The molecule has 156 valence electrons. The number of benzene rings is 1. The minimum atomic E-state index is 0.490. The number of nitrogens with one attached hydrogen (secondary N) is 2. The molecule has 5 rings (SSSR count).